The van der Waals surface area contributed by atoms with Crippen LogP contribution in [0.15, 0.2) is 0 Å². The fourth-order valence-corrected chi connectivity index (χ4v) is 3.59. The van der Waals surface area contributed by atoms with Crippen molar-refractivity contribution in [3.63, 3.8) is 0 Å². The average Bonchev–Trinajstić information content (AvgIpc) is 2.46. The van der Waals surface area contributed by atoms with E-state index in [2.05, 4.69) is 67.2 Å². The van der Waals surface area contributed by atoms with Crippen LogP contribution in [-0.4, -0.2) is 126 Å². The van der Waals surface area contributed by atoms with Crippen molar-refractivity contribution in [2.45, 2.75) is 19.3 Å². The van der Waals surface area contributed by atoms with Gasteiger partial charge in [-0.1, -0.05) is 0 Å². The largest absolute Gasteiger partial charge is 0.309 e. The average molecular weight is 344 g/mol. The number of rotatable bonds is 12. The van der Waals surface area contributed by atoms with Crippen LogP contribution < -0.4 is 5.32 Å². The Balaban J connectivity index is 2.54. The molecule has 1 aliphatic heterocycles. The van der Waals surface area contributed by atoms with Gasteiger partial charge in [0.25, 0.3) is 0 Å². The van der Waals surface area contributed by atoms with Crippen molar-refractivity contribution in [2.24, 2.45) is 0 Å². The molecule has 0 radical (unpaired) electrons. The minimum atomic E-state index is 1.05. The van der Waals surface area contributed by atoms with Crippen molar-refractivity contribution in [1.82, 2.24) is 24.9 Å². The van der Waals surface area contributed by atoms with Gasteiger partial charge in [0.05, 0.1) is 19.8 Å². The molecule has 1 heterocycles. The maximum Gasteiger partial charge on any atom is 0.137 e. The topological polar surface area (TPSA) is 25.0 Å². The number of nitrogens with zero attached hydrogens (tertiary/aromatic N) is 5. The van der Waals surface area contributed by atoms with Crippen LogP contribution in [0.4, 0.5) is 0 Å². The molecule has 0 aromatic heterocycles. The Labute approximate surface area is 150 Å². The molecule has 24 heavy (non-hydrogen) atoms. The van der Waals surface area contributed by atoms with E-state index in [1.54, 1.807) is 0 Å². The molecule has 1 fully saturated rings. The van der Waals surface area contributed by atoms with Gasteiger partial charge in [-0.05, 0) is 55.3 Å². The van der Waals surface area contributed by atoms with Crippen molar-refractivity contribution in [3.05, 3.63) is 0 Å². The summed E-state index contributed by atoms with van der Waals surface area (Å²) >= 11 is 0. The Hall–Kier alpha value is -0.240. The van der Waals surface area contributed by atoms with Gasteiger partial charge in [-0.3, -0.25) is 9.80 Å². The Bertz CT molecular complexity index is 305. The summed E-state index contributed by atoms with van der Waals surface area (Å²) in [6.45, 7) is 10.7. The van der Waals surface area contributed by atoms with E-state index in [0.29, 0.717) is 0 Å². The first-order valence-electron chi connectivity index (χ1n) is 9.55. The quantitative estimate of drug-likeness (QED) is 0.519. The molecule has 6 heteroatoms. The molecule has 0 unspecified atom stereocenters. The van der Waals surface area contributed by atoms with Crippen LogP contribution in [0.2, 0.25) is 0 Å². The van der Waals surface area contributed by atoms with E-state index in [4.69, 9.17) is 0 Å². The molecule has 0 amide bonds. The number of quaternary nitrogens is 1. The third kappa shape index (κ3) is 9.30. The molecular formula is C18H43N6+. The van der Waals surface area contributed by atoms with Crippen LogP contribution in [-0.2, 0) is 0 Å². The standard InChI is InChI=1S/C18H43N6/c1-20(2)10-7-13-23-16-19-17-24(18-23,14-8-11-21(3)4)15-9-12-22(5)6/h19H,7-18H2,1-6H3/q+1. The summed E-state index contributed by atoms with van der Waals surface area (Å²) in [6, 6.07) is 0. The van der Waals surface area contributed by atoms with Crippen LogP contribution in [0.5, 0.6) is 0 Å². The van der Waals surface area contributed by atoms with Crippen molar-refractivity contribution in [2.75, 3.05) is 102 Å². The molecule has 0 aromatic rings. The first-order chi connectivity index (χ1) is 11.3. The number of hydrogen-bond donors (Lipinski definition) is 1. The first-order valence-corrected chi connectivity index (χ1v) is 9.55. The van der Waals surface area contributed by atoms with E-state index in [-0.39, 0.29) is 0 Å². The Morgan fingerprint density at radius 1 is 0.792 bits per heavy atom. The maximum atomic E-state index is 3.70. The first kappa shape index (κ1) is 21.8. The zero-order valence-corrected chi connectivity index (χ0v) is 17.2. The van der Waals surface area contributed by atoms with E-state index in [1.165, 1.54) is 69.7 Å². The fourth-order valence-electron chi connectivity index (χ4n) is 3.59. The summed E-state index contributed by atoms with van der Waals surface area (Å²) in [5, 5.41) is 3.70. The zero-order valence-electron chi connectivity index (χ0n) is 17.2. The van der Waals surface area contributed by atoms with Crippen LogP contribution in [0.1, 0.15) is 19.3 Å². The minimum Gasteiger partial charge on any atom is -0.309 e. The molecule has 0 aromatic carbocycles. The zero-order chi connectivity index (χ0) is 18.0. The molecule has 1 saturated heterocycles. The molecule has 1 N–H and O–H groups in total. The summed E-state index contributed by atoms with van der Waals surface area (Å²) in [7, 11) is 13.0. The number of nitrogens with one attached hydrogen (secondary N) is 1. The van der Waals surface area contributed by atoms with Gasteiger partial charge in [-0.2, -0.15) is 0 Å². The van der Waals surface area contributed by atoms with E-state index in [1.807, 2.05) is 0 Å². The van der Waals surface area contributed by atoms with E-state index in [0.717, 1.165) is 13.3 Å². The highest BCUT2D eigenvalue weighted by Gasteiger charge is 2.32. The molecular weight excluding hydrogens is 300 g/mol. The molecule has 144 valence electrons. The minimum absolute atomic E-state index is 1.05. The lowest BCUT2D eigenvalue weighted by atomic mass is 10.2. The van der Waals surface area contributed by atoms with Gasteiger partial charge in [-0.15, -0.1) is 0 Å². The van der Waals surface area contributed by atoms with Crippen LogP contribution in [0, 0.1) is 0 Å². The van der Waals surface area contributed by atoms with Crippen molar-refractivity contribution in [1.29, 1.82) is 0 Å². The summed E-state index contributed by atoms with van der Waals surface area (Å²) < 4.78 is 1.21. The van der Waals surface area contributed by atoms with Gasteiger partial charge in [0.15, 0.2) is 0 Å². The van der Waals surface area contributed by atoms with Crippen molar-refractivity contribution < 1.29 is 4.48 Å². The van der Waals surface area contributed by atoms with E-state index in [9.17, 15) is 0 Å². The lowest BCUT2D eigenvalue weighted by molar-refractivity contribution is -0.946. The van der Waals surface area contributed by atoms with Crippen LogP contribution >= 0.6 is 0 Å². The normalized spacial score (nSPS) is 18.9. The van der Waals surface area contributed by atoms with Gasteiger partial charge in [0.1, 0.15) is 13.3 Å². The third-order valence-corrected chi connectivity index (χ3v) is 4.84. The van der Waals surface area contributed by atoms with Gasteiger partial charge in [0, 0.05) is 32.5 Å². The Morgan fingerprint density at radius 2 is 1.29 bits per heavy atom. The lowest BCUT2D eigenvalue weighted by Crippen LogP contribution is -2.65. The van der Waals surface area contributed by atoms with Crippen LogP contribution in [0.3, 0.4) is 0 Å². The summed E-state index contributed by atoms with van der Waals surface area (Å²) in [6.07, 6.45) is 3.81. The highest BCUT2D eigenvalue weighted by Crippen LogP contribution is 2.15. The highest BCUT2D eigenvalue weighted by atomic mass is 15.5. The SMILES string of the molecule is CN(C)CCCN1CNC[N+](CCCN(C)C)(CCCN(C)C)C1. The molecule has 1 aliphatic rings. The van der Waals surface area contributed by atoms with E-state index < -0.39 is 0 Å². The van der Waals surface area contributed by atoms with Gasteiger partial charge >= 0.3 is 0 Å². The van der Waals surface area contributed by atoms with Crippen molar-refractivity contribution in [3.8, 4) is 0 Å². The molecule has 0 aliphatic carbocycles. The second-order valence-electron chi connectivity index (χ2n) is 8.36. The molecule has 6 nitrogen and oxygen atoms in total. The Kier molecular flexibility index (Phi) is 10.3. The van der Waals surface area contributed by atoms with Gasteiger partial charge in [-0.25, -0.2) is 4.90 Å². The second kappa shape index (κ2) is 11.4. The fraction of sp³-hybridized carbons (Fsp3) is 1.00. The van der Waals surface area contributed by atoms with E-state index >= 15 is 0 Å². The van der Waals surface area contributed by atoms with Crippen molar-refractivity contribution >= 4 is 0 Å². The lowest BCUT2D eigenvalue weighted by Gasteiger charge is -2.46. The predicted octanol–water partition coefficient (Wildman–Crippen LogP) is 0.436. The molecule has 0 atom stereocenters. The molecule has 0 spiro atoms. The molecule has 0 bridgehead atoms. The smallest absolute Gasteiger partial charge is 0.137 e. The predicted molar refractivity (Wildman–Crippen MR) is 104 cm³/mol. The highest BCUT2D eigenvalue weighted by molar-refractivity contribution is 4.61. The third-order valence-electron chi connectivity index (χ3n) is 4.84. The Morgan fingerprint density at radius 3 is 1.79 bits per heavy atom. The number of hydrogen-bond acceptors (Lipinski definition) is 5. The summed E-state index contributed by atoms with van der Waals surface area (Å²) in [4.78, 5) is 9.52. The maximum absolute atomic E-state index is 3.70. The molecule has 1 rings (SSSR count). The van der Waals surface area contributed by atoms with Crippen LogP contribution in [0.25, 0.3) is 0 Å². The van der Waals surface area contributed by atoms with Gasteiger partial charge < -0.3 is 14.7 Å². The monoisotopic (exact) mass is 343 g/mol. The second-order valence-corrected chi connectivity index (χ2v) is 8.36. The molecule has 0 saturated carbocycles. The summed E-state index contributed by atoms with van der Waals surface area (Å²) in [5.41, 5.74) is 0. The summed E-state index contributed by atoms with van der Waals surface area (Å²) in [5.74, 6) is 0. The van der Waals surface area contributed by atoms with Gasteiger partial charge in [0.2, 0.25) is 0 Å².